The summed E-state index contributed by atoms with van der Waals surface area (Å²) in [6.45, 7) is 4.19. The molecule has 0 N–H and O–H groups in total. The summed E-state index contributed by atoms with van der Waals surface area (Å²) in [5.74, 6) is 1.63. The molecule has 7 nitrogen and oxygen atoms in total. The highest BCUT2D eigenvalue weighted by atomic mass is 32.1. The van der Waals surface area contributed by atoms with Crippen LogP contribution in [0.15, 0.2) is 47.2 Å². The lowest BCUT2D eigenvalue weighted by molar-refractivity contribution is 0.248. The van der Waals surface area contributed by atoms with Crippen molar-refractivity contribution in [2.24, 2.45) is 0 Å². The number of piperazine rings is 1. The minimum Gasteiger partial charge on any atom is -0.494 e. The molecule has 1 saturated heterocycles. The number of nitrogens with zero attached hydrogens (tertiary/aromatic N) is 6. The van der Waals surface area contributed by atoms with Crippen LogP contribution < -0.4 is 9.64 Å². The number of hydrogen-bond acceptors (Lipinski definition) is 7. The first-order valence-electron chi connectivity index (χ1n) is 9.76. The molecule has 0 atom stereocenters. The van der Waals surface area contributed by atoms with Crippen molar-refractivity contribution in [1.29, 1.82) is 0 Å². The standard InChI is InChI=1S/C21H21FN6OS/c1-29-18-3-2-15(12-17(18)22)13-26-7-9-27(10-8-26)20-5-4-19-23-24-21(28(19)25-20)16-6-11-30-14-16/h2-6,11-12,14H,7-10,13H2,1H3. The topological polar surface area (TPSA) is 58.8 Å². The molecule has 0 bridgehead atoms. The normalized spacial score (nSPS) is 15.1. The molecule has 0 radical (unpaired) electrons. The fourth-order valence-electron chi connectivity index (χ4n) is 3.72. The van der Waals surface area contributed by atoms with E-state index in [9.17, 15) is 4.39 Å². The predicted molar refractivity (Wildman–Crippen MR) is 115 cm³/mol. The Kier molecular flexibility index (Phi) is 5.06. The number of fused-ring (bicyclic) bond motifs is 1. The summed E-state index contributed by atoms with van der Waals surface area (Å²) in [5.41, 5.74) is 2.71. The third kappa shape index (κ3) is 3.61. The monoisotopic (exact) mass is 424 g/mol. The molecule has 4 heterocycles. The summed E-state index contributed by atoms with van der Waals surface area (Å²) >= 11 is 1.63. The molecular formula is C21H21FN6OS. The largest absolute Gasteiger partial charge is 0.494 e. The molecule has 0 unspecified atom stereocenters. The van der Waals surface area contributed by atoms with Gasteiger partial charge in [-0.2, -0.15) is 15.9 Å². The van der Waals surface area contributed by atoms with Crippen LogP contribution in [-0.4, -0.2) is 58.0 Å². The zero-order chi connectivity index (χ0) is 20.5. The second kappa shape index (κ2) is 8.00. The van der Waals surface area contributed by atoms with Crippen LogP contribution in [0.25, 0.3) is 17.0 Å². The maximum absolute atomic E-state index is 14.0. The number of anilines is 1. The number of ether oxygens (including phenoxy) is 1. The minimum absolute atomic E-state index is 0.279. The van der Waals surface area contributed by atoms with Crippen molar-refractivity contribution in [3.63, 3.8) is 0 Å². The molecule has 3 aromatic heterocycles. The lowest BCUT2D eigenvalue weighted by atomic mass is 10.2. The fourth-order valence-corrected chi connectivity index (χ4v) is 4.36. The Morgan fingerprint density at radius 3 is 2.67 bits per heavy atom. The maximum Gasteiger partial charge on any atom is 0.186 e. The highest BCUT2D eigenvalue weighted by Gasteiger charge is 2.20. The van der Waals surface area contributed by atoms with Gasteiger partial charge in [0, 0.05) is 43.7 Å². The number of thiophene rings is 1. The number of rotatable bonds is 5. The van der Waals surface area contributed by atoms with Gasteiger partial charge >= 0.3 is 0 Å². The summed E-state index contributed by atoms with van der Waals surface area (Å²) in [4.78, 5) is 4.59. The molecule has 0 aliphatic carbocycles. The number of halogens is 1. The number of hydrogen-bond donors (Lipinski definition) is 0. The summed E-state index contributed by atoms with van der Waals surface area (Å²) < 4.78 is 20.8. The van der Waals surface area contributed by atoms with Gasteiger partial charge in [0.05, 0.1) is 7.11 Å². The third-order valence-electron chi connectivity index (χ3n) is 5.35. The fraction of sp³-hybridized carbons (Fsp3) is 0.286. The van der Waals surface area contributed by atoms with Crippen LogP contribution in [0.3, 0.4) is 0 Å². The Bertz CT molecular complexity index is 1150. The zero-order valence-electron chi connectivity index (χ0n) is 16.5. The molecule has 1 aliphatic rings. The predicted octanol–water partition coefficient (Wildman–Crippen LogP) is 3.32. The Morgan fingerprint density at radius 2 is 1.93 bits per heavy atom. The van der Waals surface area contributed by atoms with E-state index in [0.717, 1.165) is 61.1 Å². The van der Waals surface area contributed by atoms with Gasteiger partial charge in [0.1, 0.15) is 5.82 Å². The van der Waals surface area contributed by atoms with E-state index < -0.39 is 0 Å². The van der Waals surface area contributed by atoms with Crippen LogP contribution in [0.4, 0.5) is 10.2 Å². The lowest BCUT2D eigenvalue weighted by Gasteiger charge is -2.35. The molecule has 1 aromatic carbocycles. The van der Waals surface area contributed by atoms with E-state index >= 15 is 0 Å². The third-order valence-corrected chi connectivity index (χ3v) is 6.03. The molecule has 0 spiro atoms. The Balaban J connectivity index is 1.28. The van der Waals surface area contributed by atoms with Gasteiger partial charge in [0.25, 0.3) is 0 Å². The van der Waals surface area contributed by atoms with E-state index in [1.807, 2.05) is 39.5 Å². The Morgan fingerprint density at radius 1 is 1.07 bits per heavy atom. The summed E-state index contributed by atoms with van der Waals surface area (Å²) in [7, 11) is 1.48. The van der Waals surface area contributed by atoms with Gasteiger partial charge < -0.3 is 9.64 Å². The van der Waals surface area contributed by atoms with Crippen molar-refractivity contribution in [2.45, 2.75) is 6.54 Å². The second-order valence-corrected chi connectivity index (χ2v) is 8.01. The van der Waals surface area contributed by atoms with E-state index in [2.05, 4.69) is 20.0 Å². The van der Waals surface area contributed by atoms with Crippen LogP contribution in [0.1, 0.15) is 5.56 Å². The van der Waals surface area contributed by atoms with Crippen molar-refractivity contribution in [2.75, 3.05) is 38.2 Å². The molecule has 4 aromatic rings. The molecule has 154 valence electrons. The van der Waals surface area contributed by atoms with Crippen LogP contribution >= 0.6 is 11.3 Å². The molecular weight excluding hydrogens is 403 g/mol. The van der Waals surface area contributed by atoms with Crippen molar-refractivity contribution < 1.29 is 9.13 Å². The van der Waals surface area contributed by atoms with Gasteiger partial charge in [0.15, 0.2) is 23.0 Å². The number of benzene rings is 1. The SMILES string of the molecule is COc1ccc(CN2CCN(c3ccc4nnc(-c5ccsc5)n4n3)CC2)cc1F. The average Bonchev–Trinajstić information content (AvgIpc) is 3.43. The van der Waals surface area contributed by atoms with Gasteiger partial charge in [-0.1, -0.05) is 6.07 Å². The molecule has 30 heavy (non-hydrogen) atoms. The highest BCUT2D eigenvalue weighted by molar-refractivity contribution is 7.08. The quantitative estimate of drug-likeness (QED) is 0.490. The molecule has 0 saturated carbocycles. The van der Waals surface area contributed by atoms with E-state index in [0.29, 0.717) is 0 Å². The van der Waals surface area contributed by atoms with Crippen LogP contribution in [0.5, 0.6) is 5.75 Å². The van der Waals surface area contributed by atoms with Crippen molar-refractivity contribution in [3.8, 4) is 17.1 Å². The van der Waals surface area contributed by atoms with Gasteiger partial charge in [0.2, 0.25) is 0 Å². The van der Waals surface area contributed by atoms with E-state index in [-0.39, 0.29) is 11.6 Å². The molecule has 1 fully saturated rings. The van der Waals surface area contributed by atoms with Gasteiger partial charge in [-0.05, 0) is 41.3 Å². The van der Waals surface area contributed by atoms with E-state index in [1.54, 1.807) is 23.5 Å². The van der Waals surface area contributed by atoms with Gasteiger partial charge in [-0.3, -0.25) is 4.90 Å². The average molecular weight is 425 g/mol. The molecule has 5 rings (SSSR count). The Labute approximate surface area is 177 Å². The molecule has 0 amide bonds. The smallest absolute Gasteiger partial charge is 0.186 e. The first-order chi connectivity index (χ1) is 14.7. The molecule has 9 heteroatoms. The maximum atomic E-state index is 14.0. The summed E-state index contributed by atoms with van der Waals surface area (Å²) in [6, 6.07) is 11.1. The second-order valence-electron chi connectivity index (χ2n) is 7.23. The highest BCUT2D eigenvalue weighted by Crippen LogP contribution is 2.23. The number of methoxy groups -OCH3 is 1. The van der Waals surface area contributed by atoms with E-state index in [1.165, 1.54) is 7.11 Å². The number of aromatic nitrogens is 4. The molecule has 1 aliphatic heterocycles. The van der Waals surface area contributed by atoms with Gasteiger partial charge in [-0.15, -0.1) is 15.3 Å². The summed E-state index contributed by atoms with van der Waals surface area (Å²) in [5, 5.41) is 17.4. The van der Waals surface area contributed by atoms with E-state index in [4.69, 9.17) is 9.84 Å². The van der Waals surface area contributed by atoms with Crippen LogP contribution in [0.2, 0.25) is 0 Å². The summed E-state index contributed by atoms with van der Waals surface area (Å²) in [6.07, 6.45) is 0. The van der Waals surface area contributed by atoms with Crippen molar-refractivity contribution in [1.82, 2.24) is 24.7 Å². The van der Waals surface area contributed by atoms with Crippen LogP contribution in [0, 0.1) is 5.82 Å². The first-order valence-corrected chi connectivity index (χ1v) is 10.7. The van der Waals surface area contributed by atoms with Crippen LogP contribution in [-0.2, 0) is 6.54 Å². The zero-order valence-corrected chi connectivity index (χ0v) is 17.3. The lowest BCUT2D eigenvalue weighted by Crippen LogP contribution is -2.46. The first kappa shape index (κ1) is 19.0. The Hall–Kier alpha value is -3.04. The van der Waals surface area contributed by atoms with Crippen molar-refractivity contribution >= 4 is 22.8 Å². The minimum atomic E-state index is -0.318. The van der Waals surface area contributed by atoms with Gasteiger partial charge in [-0.25, -0.2) is 4.39 Å². The van der Waals surface area contributed by atoms with Crippen molar-refractivity contribution in [3.05, 3.63) is 58.5 Å².